The van der Waals surface area contributed by atoms with E-state index in [1.807, 2.05) is 105 Å². The van der Waals surface area contributed by atoms with E-state index in [9.17, 15) is 19.8 Å². The van der Waals surface area contributed by atoms with E-state index in [0.717, 1.165) is 16.7 Å². The molecule has 5 rings (SSSR count). The molecule has 0 aliphatic carbocycles. The minimum atomic E-state index is -1.54. The zero-order valence-corrected chi connectivity index (χ0v) is 21.0. The third-order valence-corrected chi connectivity index (χ3v) is 9.11. The van der Waals surface area contributed by atoms with Gasteiger partial charge in [-0.1, -0.05) is 103 Å². The molecular weight excluding hydrogens is 470 g/mol. The largest absolute Gasteiger partial charge is 0.479 e. The molecule has 1 amide bonds. The molecule has 0 radical (unpaired) electrons. The molecule has 0 saturated carbocycles. The van der Waals surface area contributed by atoms with Gasteiger partial charge >= 0.3 is 5.97 Å². The molecule has 2 saturated heterocycles. The average molecular weight is 500 g/mol. The molecule has 36 heavy (non-hydrogen) atoms. The van der Waals surface area contributed by atoms with Gasteiger partial charge in [-0.3, -0.25) is 4.79 Å². The van der Waals surface area contributed by atoms with Crippen molar-refractivity contribution in [1.29, 1.82) is 0 Å². The molecule has 0 bridgehead atoms. The number of aliphatic carboxylic acids is 1. The van der Waals surface area contributed by atoms with E-state index in [0.29, 0.717) is 0 Å². The third-order valence-electron chi connectivity index (χ3n) is 7.46. The summed E-state index contributed by atoms with van der Waals surface area (Å²) in [6.45, 7) is 3.80. The van der Waals surface area contributed by atoms with E-state index in [4.69, 9.17) is 0 Å². The van der Waals surface area contributed by atoms with Crippen molar-refractivity contribution < 1.29 is 19.8 Å². The number of carbonyl (C=O) groups is 2. The van der Waals surface area contributed by atoms with E-state index >= 15 is 0 Å². The smallest absolute Gasteiger partial charge is 0.332 e. The van der Waals surface area contributed by atoms with E-state index in [2.05, 4.69) is 0 Å². The minimum Gasteiger partial charge on any atom is -0.479 e. The Morgan fingerprint density at radius 2 is 1.42 bits per heavy atom. The Hall–Kier alpha value is -3.35. The highest BCUT2D eigenvalue weighted by molar-refractivity contribution is 8.01. The van der Waals surface area contributed by atoms with Crippen LogP contribution in [0.3, 0.4) is 0 Å². The summed E-state index contributed by atoms with van der Waals surface area (Å²) in [6, 6.07) is 28.7. The van der Waals surface area contributed by atoms with Crippen LogP contribution in [-0.2, 0) is 9.59 Å². The van der Waals surface area contributed by atoms with Gasteiger partial charge in [-0.25, -0.2) is 4.79 Å². The number of fused-ring (bicyclic) bond motifs is 1. The molecule has 2 aliphatic heterocycles. The Morgan fingerprint density at radius 3 is 1.92 bits per heavy atom. The maximum Gasteiger partial charge on any atom is 0.332 e. The number of nitrogens with zero attached hydrogens (tertiary/aromatic N) is 1. The van der Waals surface area contributed by atoms with Gasteiger partial charge in [0, 0.05) is 10.7 Å². The van der Waals surface area contributed by atoms with Crippen molar-refractivity contribution in [2.45, 2.75) is 41.5 Å². The summed E-state index contributed by atoms with van der Waals surface area (Å²) in [5.74, 6) is -2.67. The molecule has 184 valence electrons. The number of aliphatic hydroxyl groups excluding tert-OH is 1. The second-order valence-electron chi connectivity index (χ2n) is 9.84. The highest BCUT2D eigenvalue weighted by atomic mass is 32.2. The molecule has 2 fully saturated rings. The summed E-state index contributed by atoms with van der Waals surface area (Å²) >= 11 is 1.46. The van der Waals surface area contributed by atoms with Crippen LogP contribution in [-0.4, -0.2) is 48.8 Å². The van der Waals surface area contributed by atoms with Crippen LogP contribution in [0, 0.1) is 5.92 Å². The quantitative estimate of drug-likeness (QED) is 0.446. The lowest BCUT2D eigenvalue weighted by Gasteiger charge is -2.53. The number of thioether (sulfide) groups is 1. The number of hydrogen-bond donors (Lipinski definition) is 2. The Kier molecular flexibility index (Phi) is 6.27. The summed E-state index contributed by atoms with van der Waals surface area (Å²) in [4.78, 5) is 28.6. The average Bonchev–Trinajstić information content (AvgIpc) is 3.09. The highest BCUT2D eigenvalue weighted by Gasteiger charge is 2.75. The summed E-state index contributed by atoms with van der Waals surface area (Å²) in [6.07, 6.45) is 2.42. The molecular formula is C30H29NO4S. The van der Waals surface area contributed by atoms with Crippen LogP contribution in [0.4, 0.5) is 0 Å². The van der Waals surface area contributed by atoms with Crippen molar-refractivity contribution >= 4 is 29.7 Å². The lowest BCUT2D eigenvalue weighted by Crippen LogP contribution is -2.73. The maximum atomic E-state index is 13.7. The van der Waals surface area contributed by atoms with Crippen molar-refractivity contribution in [2.24, 2.45) is 5.92 Å². The maximum absolute atomic E-state index is 13.7. The molecule has 4 atom stereocenters. The van der Waals surface area contributed by atoms with E-state index in [-0.39, 0.29) is 5.91 Å². The fourth-order valence-electron chi connectivity index (χ4n) is 5.81. The van der Waals surface area contributed by atoms with Gasteiger partial charge in [0.25, 0.3) is 0 Å². The van der Waals surface area contributed by atoms with Crippen molar-refractivity contribution in [3.63, 3.8) is 0 Å². The lowest BCUT2D eigenvalue weighted by molar-refractivity contribution is -0.179. The van der Waals surface area contributed by atoms with E-state index in [1.54, 1.807) is 12.2 Å². The van der Waals surface area contributed by atoms with Crippen molar-refractivity contribution in [2.75, 3.05) is 0 Å². The van der Waals surface area contributed by atoms with E-state index < -0.39 is 39.6 Å². The van der Waals surface area contributed by atoms with Gasteiger partial charge in [0.2, 0.25) is 5.91 Å². The summed E-state index contributed by atoms with van der Waals surface area (Å²) in [5, 5.41) is 21.5. The zero-order valence-electron chi connectivity index (χ0n) is 20.2. The first-order chi connectivity index (χ1) is 17.3. The second-order valence-corrected chi connectivity index (χ2v) is 11.6. The SMILES string of the molecule is CC1(C)S[C@@H]2[C@H](C(O)/C=C/c3ccccc3)C(=O)N2[C@]1(C(=O)O)C(c1ccccc1)c1ccccc1. The monoisotopic (exact) mass is 499 g/mol. The number of carbonyl (C=O) groups excluding carboxylic acids is 1. The first kappa shape index (κ1) is 24.3. The van der Waals surface area contributed by atoms with E-state index in [1.165, 1.54) is 16.7 Å². The standard InChI is InChI=1S/C30H29NO4S/c1-29(2)30(28(34)35,25(21-14-8-4-9-15-21)22-16-10-5-11-17-22)31-26(33)24(27(31)36-29)23(32)19-18-20-12-6-3-7-13-20/h3-19,23-25,27,32H,1-2H3,(H,34,35)/b19-18+/t23?,24-,27-,30+/m1/s1. The molecule has 6 heteroatoms. The lowest BCUT2D eigenvalue weighted by atomic mass is 9.65. The zero-order chi connectivity index (χ0) is 25.5. The minimum absolute atomic E-state index is 0.331. The Morgan fingerprint density at radius 1 is 0.917 bits per heavy atom. The molecule has 2 aliphatic rings. The number of aliphatic hydroxyl groups is 1. The van der Waals surface area contributed by atoms with Crippen molar-refractivity contribution in [1.82, 2.24) is 4.90 Å². The highest BCUT2D eigenvalue weighted by Crippen LogP contribution is 2.64. The summed E-state index contributed by atoms with van der Waals surface area (Å²) in [5.41, 5.74) is 1.05. The molecule has 0 spiro atoms. The van der Waals surface area contributed by atoms with Crippen LogP contribution in [0.25, 0.3) is 6.08 Å². The second kappa shape index (κ2) is 9.26. The number of benzene rings is 3. The van der Waals surface area contributed by atoms with Crippen LogP contribution in [0.2, 0.25) is 0 Å². The predicted octanol–water partition coefficient (Wildman–Crippen LogP) is 5.03. The number of amides is 1. The summed E-state index contributed by atoms with van der Waals surface area (Å²) in [7, 11) is 0. The van der Waals surface area contributed by atoms with Crippen molar-refractivity contribution in [3.05, 3.63) is 114 Å². The summed E-state index contributed by atoms with van der Waals surface area (Å²) < 4.78 is -0.840. The Bertz CT molecular complexity index is 1240. The van der Waals surface area contributed by atoms with Crippen LogP contribution in [0.15, 0.2) is 97.1 Å². The number of β-lactam (4-membered cyclic amide) rings is 1. The van der Waals surface area contributed by atoms with Crippen LogP contribution in [0.1, 0.15) is 36.5 Å². The normalized spacial score (nSPS) is 25.6. The molecule has 2 N–H and O–H groups in total. The topological polar surface area (TPSA) is 77.8 Å². The van der Waals surface area contributed by atoms with Gasteiger partial charge in [0.1, 0.15) is 0 Å². The van der Waals surface area contributed by atoms with Gasteiger partial charge in [-0.05, 0) is 30.5 Å². The molecule has 0 aromatic heterocycles. The molecule has 1 unspecified atom stereocenters. The fourth-order valence-corrected chi connectivity index (χ4v) is 7.70. The number of rotatable bonds is 7. The number of hydrogen-bond acceptors (Lipinski definition) is 4. The molecule has 3 aromatic rings. The van der Waals surface area contributed by atoms with Crippen LogP contribution >= 0.6 is 11.8 Å². The van der Waals surface area contributed by atoms with Crippen LogP contribution in [0.5, 0.6) is 0 Å². The van der Waals surface area contributed by atoms with Gasteiger partial charge in [0.15, 0.2) is 5.54 Å². The van der Waals surface area contributed by atoms with Gasteiger partial charge in [0.05, 0.1) is 17.4 Å². The fraction of sp³-hybridized carbons (Fsp3) is 0.267. The molecule has 2 heterocycles. The first-order valence-corrected chi connectivity index (χ1v) is 12.9. The van der Waals surface area contributed by atoms with Crippen LogP contribution < -0.4 is 0 Å². The van der Waals surface area contributed by atoms with Crippen molar-refractivity contribution in [3.8, 4) is 0 Å². The predicted molar refractivity (Wildman–Crippen MR) is 142 cm³/mol. The number of carboxylic acids is 1. The number of carboxylic acid groups (broad SMARTS) is 1. The van der Waals surface area contributed by atoms with Gasteiger partial charge in [-0.2, -0.15) is 0 Å². The van der Waals surface area contributed by atoms with Gasteiger partial charge in [-0.15, -0.1) is 11.8 Å². The third kappa shape index (κ3) is 3.67. The Labute approximate surface area is 215 Å². The molecule has 3 aromatic carbocycles. The van der Waals surface area contributed by atoms with Gasteiger partial charge < -0.3 is 15.1 Å². The molecule has 5 nitrogen and oxygen atoms in total. The first-order valence-electron chi connectivity index (χ1n) is 12.0. The Balaban J connectivity index is 1.58.